The second kappa shape index (κ2) is 8.92. The third-order valence-electron chi connectivity index (χ3n) is 5.95. The number of ether oxygens (including phenoxy) is 1. The summed E-state index contributed by atoms with van der Waals surface area (Å²) in [4.78, 5) is 27.0. The maximum atomic E-state index is 13.5. The summed E-state index contributed by atoms with van der Waals surface area (Å²) in [6.07, 6.45) is 4.41. The Kier molecular flexibility index (Phi) is 5.83. The quantitative estimate of drug-likeness (QED) is 0.463. The fourth-order valence-corrected chi connectivity index (χ4v) is 4.50. The molecule has 4 aromatic rings. The first-order chi connectivity index (χ1) is 16.0. The lowest BCUT2D eigenvalue weighted by Crippen LogP contribution is -2.24. The van der Waals surface area contributed by atoms with E-state index < -0.39 is 0 Å². The van der Waals surface area contributed by atoms with E-state index in [1.54, 1.807) is 17.0 Å². The number of hydrogen-bond donors (Lipinski definition) is 1. The van der Waals surface area contributed by atoms with Gasteiger partial charge < -0.3 is 10.1 Å². The summed E-state index contributed by atoms with van der Waals surface area (Å²) in [6, 6.07) is 11.6. The van der Waals surface area contributed by atoms with Gasteiger partial charge in [0.15, 0.2) is 0 Å². The molecule has 0 saturated carbocycles. The molecule has 0 aliphatic carbocycles. The normalized spacial score (nSPS) is 15.8. The van der Waals surface area contributed by atoms with Crippen LogP contribution in [0.1, 0.15) is 18.9 Å². The van der Waals surface area contributed by atoms with Gasteiger partial charge in [-0.25, -0.2) is 4.98 Å². The molecule has 8 heteroatoms. The van der Waals surface area contributed by atoms with Crippen molar-refractivity contribution in [2.24, 2.45) is 0 Å². The van der Waals surface area contributed by atoms with Crippen molar-refractivity contribution in [3.63, 3.8) is 0 Å². The number of nitrogens with one attached hydrogen (secondary N) is 1. The van der Waals surface area contributed by atoms with E-state index in [0.717, 1.165) is 35.2 Å². The minimum atomic E-state index is -0.134. The molecule has 1 saturated heterocycles. The highest BCUT2D eigenvalue weighted by Gasteiger charge is 2.19. The molecule has 1 aromatic carbocycles. The van der Waals surface area contributed by atoms with E-state index in [0.29, 0.717) is 40.9 Å². The van der Waals surface area contributed by atoms with Crippen LogP contribution in [0.4, 0.5) is 5.95 Å². The predicted molar refractivity (Wildman–Crippen MR) is 131 cm³/mol. The van der Waals surface area contributed by atoms with Crippen LogP contribution in [0, 0.1) is 6.92 Å². The number of aryl methyl sites for hydroxylation is 2. The van der Waals surface area contributed by atoms with Gasteiger partial charge in [-0.05, 0) is 56.2 Å². The van der Waals surface area contributed by atoms with Gasteiger partial charge in [0.1, 0.15) is 5.65 Å². The van der Waals surface area contributed by atoms with Crippen LogP contribution in [0.25, 0.3) is 33.4 Å². The van der Waals surface area contributed by atoms with Gasteiger partial charge in [-0.15, -0.1) is 0 Å². The van der Waals surface area contributed by atoms with Crippen molar-refractivity contribution in [2.45, 2.75) is 32.9 Å². The summed E-state index contributed by atoms with van der Waals surface area (Å²) in [5.41, 5.74) is 4.45. The summed E-state index contributed by atoms with van der Waals surface area (Å²) >= 11 is 6.70. The molecule has 7 nitrogen and oxygen atoms in total. The van der Waals surface area contributed by atoms with E-state index in [2.05, 4.69) is 20.3 Å². The first-order valence-corrected chi connectivity index (χ1v) is 11.4. The minimum absolute atomic E-state index is 0.134. The van der Waals surface area contributed by atoms with Crippen LogP contribution < -0.4 is 10.9 Å². The third kappa shape index (κ3) is 4.10. The minimum Gasteiger partial charge on any atom is -0.379 e. The average Bonchev–Trinajstić information content (AvgIpc) is 3.34. The Labute approximate surface area is 196 Å². The van der Waals surface area contributed by atoms with Crippen molar-refractivity contribution in [3.8, 4) is 22.4 Å². The SMILES string of the molecule is CCn1c(=O)c(-c2cc(C)c(-c3ccccn3)cc2Cl)cc2cnc(N[C@@H]3CCOC3)nc21. The molecule has 1 aliphatic rings. The number of fused-ring (bicyclic) bond motifs is 1. The Morgan fingerprint density at radius 3 is 2.79 bits per heavy atom. The zero-order valence-corrected chi connectivity index (χ0v) is 19.3. The highest BCUT2D eigenvalue weighted by atomic mass is 35.5. The van der Waals surface area contributed by atoms with Gasteiger partial charge >= 0.3 is 0 Å². The number of hydrogen-bond acceptors (Lipinski definition) is 6. The van der Waals surface area contributed by atoms with Gasteiger partial charge in [-0.2, -0.15) is 4.98 Å². The van der Waals surface area contributed by atoms with E-state index in [-0.39, 0.29) is 11.6 Å². The molecule has 0 amide bonds. The van der Waals surface area contributed by atoms with Gasteiger partial charge in [0, 0.05) is 52.6 Å². The number of nitrogens with zero attached hydrogens (tertiary/aromatic N) is 4. The second-order valence-electron chi connectivity index (χ2n) is 8.15. The van der Waals surface area contributed by atoms with Gasteiger partial charge in [-0.1, -0.05) is 17.7 Å². The molecule has 1 atom stereocenters. The molecule has 1 aliphatic heterocycles. The molecule has 168 valence electrons. The number of anilines is 1. The first kappa shape index (κ1) is 21.6. The number of aromatic nitrogens is 4. The van der Waals surface area contributed by atoms with Crippen molar-refractivity contribution < 1.29 is 4.74 Å². The van der Waals surface area contributed by atoms with E-state index in [4.69, 9.17) is 16.3 Å². The monoisotopic (exact) mass is 461 g/mol. The van der Waals surface area contributed by atoms with E-state index >= 15 is 0 Å². The lowest BCUT2D eigenvalue weighted by atomic mass is 9.98. The van der Waals surface area contributed by atoms with Gasteiger partial charge in [-0.3, -0.25) is 14.3 Å². The molecular weight excluding hydrogens is 438 g/mol. The van der Waals surface area contributed by atoms with Crippen LogP contribution in [0.5, 0.6) is 0 Å². The van der Waals surface area contributed by atoms with E-state index in [1.807, 2.05) is 50.2 Å². The molecular formula is C25H24ClN5O2. The van der Waals surface area contributed by atoms with Crippen LogP contribution in [0.3, 0.4) is 0 Å². The Balaban J connectivity index is 1.60. The fraction of sp³-hybridized carbons (Fsp3) is 0.280. The van der Waals surface area contributed by atoms with Crippen molar-refractivity contribution in [1.29, 1.82) is 0 Å². The lowest BCUT2D eigenvalue weighted by molar-refractivity contribution is 0.195. The van der Waals surface area contributed by atoms with Crippen LogP contribution in [0.15, 0.2) is 53.6 Å². The van der Waals surface area contributed by atoms with Gasteiger partial charge in [0.25, 0.3) is 5.56 Å². The maximum Gasteiger partial charge on any atom is 0.260 e. The smallest absolute Gasteiger partial charge is 0.260 e. The largest absolute Gasteiger partial charge is 0.379 e. The Bertz CT molecular complexity index is 1380. The van der Waals surface area contributed by atoms with Crippen LogP contribution in [-0.2, 0) is 11.3 Å². The van der Waals surface area contributed by atoms with Crippen molar-refractivity contribution in [2.75, 3.05) is 18.5 Å². The topological polar surface area (TPSA) is 81.9 Å². The highest BCUT2D eigenvalue weighted by molar-refractivity contribution is 6.33. The average molecular weight is 462 g/mol. The highest BCUT2D eigenvalue weighted by Crippen LogP contribution is 2.34. The maximum absolute atomic E-state index is 13.5. The second-order valence-corrected chi connectivity index (χ2v) is 8.55. The van der Waals surface area contributed by atoms with E-state index in [9.17, 15) is 4.79 Å². The molecule has 33 heavy (non-hydrogen) atoms. The number of rotatable bonds is 5. The zero-order chi connectivity index (χ0) is 22.9. The Morgan fingerprint density at radius 2 is 2.06 bits per heavy atom. The number of halogens is 1. The van der Waals surface area contributed by atoms with Crippen LogP contribution in [-0.4, -0.2) is 38.8 Å². The van der Waals surface area contributed by atoms with Crippen LogP contribution in [0.2, 0.25) is 5.02 Å². The van der Waals surface area contributed by atoms with Crippen molar-refractivity contribution >= 4 is 28.6 Å². The first-order valence-electron chi connectivity index (χ1n) is 11.0. The molecule has 1 N–H and O–H groups in total. The number of pyridine rings is 2. The Hall–Kier alpha value is -3.29. The van der Waals surface area contributed by atoms with Gasteiger partial charge in [0.05, 0.1) is 18.3 Å². The molecule has 3 aromatic heterocycles. The summed E-state index contributed by atoms with van der Waals surface area (Å²) in [6.45, 7) is 5.77. The standard InChI is InChI=1S/C25H24ClN5O2/c1-3-31-23-16(13-28-25(30-23)29-17-7-9-33-14-17)11-20(24(31)32)19-10-15(2)18(12-21(19)26)22-6-4-5-8-27-22/h4-6,8,10-13,17H,3,7,9,14H2,1-2H3,(H,28,29,30)/t17-/m1/s1. The van der Waals surface area contributed by atoms with Crippen molar-refractivity contribution in [3.05, 3.63) is 69.7 Å². The zero-order valence-electron chi connectivity index (χ0n) is 18.5. The molecule has 0 radical (unpaired) electrons. The molecule has 0 spiro atoms. The third-order valence-corrected chi connectivity index (χ3v) is 6.26. The molecule has 1 fully saturated rings. The van der Waals surface area contributed by atoms with E-state index in [1.165, 1.54) is 0 Å². The fourth-order valence-electron chi connectivity index (χ4n) is 4.23. The molecule has 4 heterocycles. The van der Waals surface area contributed by atoms with Crippen molar-refractivity contribution in [1.82, 2.24) is 19.5 Å². The molecule has 0 bridgehead atoms. The Morgan fingerprint density at radius 1 is 1.18 bits per heavy atom. The van der Waals surface area contributed by atoms with Gasteiger partial charge in [0.2, 0.25) is 5.95 Å². The number of benzene rings is 1. The summed E-state index contributed by atoms with van der Waals surface area (Å²) < 4.78 is 7.08. The summed E-state index contributed by atoms with van der Waals surface area (Å²) in [7, 11) is 0. The predicted octanol–water partition coefficient (Wildman–Crippen LogP) is 4.70. The lowest BCUT2D eigenvalue weighted by Gasteiger charge is -2.15. The van der Waals surface area contributed by atoms with Crippen LogP contribution >= 0.6 is 11.6 Å². The summed E-state index contributed by atoms with van der Waals surface area (Å²) in [5, 5.41) is 4.58. The summed E-state index contributed by atoms with van der Waals surface area (Å²) in [5.74, 6) is 0.501. The molecule has 5 rings (SSSR count). The molecule has 0 unspecified atom stereocenters.